The highest BCUT2D eigenvalue weighted by atomic mass is 127. The van der Waals surface area contributed by atoms with Gasteiger partial charge in [0, 0.05) is 52.1 Å². The number of amides is 2. The molecule has 1 unspecified atom stereocenters. The Morgan fingerprint density at radius 2 is 1.85 bits per heavy atom. The maximum absolute atomic E-state index is 12.7. The van der Waals surface area contributed by atoms with E-state index in [-0.39, 0.29) is 41.8 Å². The maximum atomic E-state index is 12.7. The van der Waals surface area contributed by atoms with E-state index in [0.717, 1.165) is 44.9 Å². The summed E-state index contributed by atoms with van der Waals surface area (Å²) in [6, 6.07) is 0.227. The number of guanidine groups is 1. The fraction of sp³-hybridized carbons (Fsp3) is 0.842. The van der Waals surface area contributed by atoms with Gasteiger partial charge in [-0.3, -0.25) is 14.6 Å². The number of hydrogen-bond donors (Lipinski definition) is 2. The van der Waals surface area contributed by atoms with Crippen LogP contribution in [0, 0.1) is 5.92 Å². The van der Waals surface area contributed by atoms with E-state index in [9.17, 15) is 9.59 Å². The lowest BCUT2D eigenvalue weighted by Crippen LogP contribution is -2.45. The van der Waals surface area contributed by atoms with Crippen LogP contribution in [0.3, 0.4) is 0 Å². The third-order valence-electron chi connectivity index (χ3n) is 5.23. The van der Waals surface area contributed by atoms with Gasteiger partial charge in [-0.15, -0.1) is 24.0 Å². The molecule has 2 aliphatic rings. The van der Waals surface area contributed by atoms with E-state index in [0.29, 0.717) is 18.9 Å². The molecule has 2 rings (SSSR count). The number of carbonyl (C=O) groups excluding carboxylic acids is 2. The zero-order valence-electron chi connectivity index (χ0n) is 17.0. The van der Waals surface area contributed by atoms with Crippen LogP contribution in [0.15, 0.2) is 4.99 Å². The molecule has 0 aromatic carbocycles. The molecule has 0 bridgehead atoms. The maximum Gasteiger partial charge on any atom is 0.225 e. The van der Waals surface area contributed by atoms with Gasteiger partial charge in [0.1, 0.15) is 0 Å². The Morgan fingerprint density at radius 1 is 1.15 bits per heavy atom. The van der Waals surface area contributed by atoms with Crippen LogP contribution in [0.25, 0.3) is 0 Å². The summed E-state index contributed by atoms with van der Waals surface area (Å²) in [5, 5.41) is 6.66. The van der Waals surface area contributed by atoms with Crippen molar-refractivity contribution in [3.8, 4) is 0 Å². The third kappa shape index (κ3) is 7.83. The average Bonchev–Trinajstić information content (AvgIpc) is 3.10. The van der Waals surface area contributed by atoms with Crippen molar-refractivity contribution in [2.45, 2.75) is 57.9 Å². The Labute approximate surface area is 180 Å². The van der Waals surface area contributed by atoms with Crippen molar-refractivity contribution >= 4 is 41.8 Å². The molecule has 1 atom stereocenters. The zero-order valence-corrected chi connectivity index (χ0v) is 19.3. The molecule has 2 N–H and O–H groups in total. The van der Waals surface area contributed by atoms with Crippen molar-refractivity contribution in [1.29, 1.82) is 0 Å². The van der Waals surface area contributed by atoms with Crippen molar-refractivity contribution in [2.75, 3.05) is 40.3 Å². The number of aliphatic imine (C=N–C) groups is 1. The van der Waals surface area contributed by atoms with Crippen molar-refractivity contribution in [1.82, 2.24) is 20.4 Å². The SMILES string of the molecule is CCNC(=NCCC(=O)N(C)C)NC1CCN(C(=O)C2CCCCC2)C1.I. The second kappa shape index (κ2) is 12.4. The summed E-state index contributed by atoms with van der Waals surface area (Å²) >= 11 is 0. The molecule has 7 nitrogen and oxygen atoms in total. The highest BCUT2D eigenvalue weighted by Gasteiger charge is 2.31. The van der Waals surface area contributed by atoms with Gasteiger partial charge in [0.05, 0.1) is 6.54 Å². The van der Waals surface area contributed by atoms with E-state index < -0.39 is 0 Å². The number of rotatable bonds is 6. The van der Waals surface area contributed by atoms with E-state index in [1.807, 2.05) is 11.8 Å². The molecule has 0 aromatic heterocycles. The lowest BCUT2D eigenvalue weighted by Gasteiger charge is -2.26. The van der Waals surface area contributed by atoms with Gasteiger partial charge in [0.25, 0.3) is 0 Å². The van der Waals surface area contributed by atoms with Crippen molar-refractivity contribution in [3.63, 3.8) is 0 Å². The van der Waals surface area contributed by atoms with E-state index >= 15 is 0 Å². The van der Waals surface area contributed by atoms with E-state index in [4.69, 9.17) is 0 Å². The first-order valence-electron chi connectivity index (χ1n) is 10.0. The third-order valence-corrected chi connectivity index (χ3v) is 5.23. The lowest BCUT2D eigenvalue weighted by atomic mass is 9.88. The molecule has 1 saturated carbocycles. The molecule has 1 aliphatic carbocycles. The molecule has 1 heterocycles. The number of carbonyl (C=O) groups is 2. The Bertz CT molecular complexity index is 506. The Morgan fingerprint density at radius 3 is 2.48 bits per heavy atom. The average molecular weight is 493 g/mol. The van der Waals surface area contributed by atoms with E-state index in [1.54, 1.807) is 19.0 Å². The van der Waals surface area contributed by atoms with E-state index in [1.165, 1.54) is 19.3 Å². The summed E-state index contributed by atoms with van der Waals surface area (Å²) in [5.74, 6) is 1.39. The Balaban J connectivity index is 0.00000364. The first-order chi connectivity index (χ1) is 12.5. The van der Waals surface area contributed by atoms with Crippen LogP contribution in [0.5, 0.6) is 0 Å². The van der Waals surface area contributed by atoms with Gasteiger partial charge in [-0.05, 0) is 26.2 Å². The van der Waals surface area contributed by atoms with Crippen LogP contribution < -0.4 is 10.6 Å². The minimum absolute atomic E-state index is 0. The largest absolute Gasteiger partial charge is 0.357 e. The highest BCUT2D eigenvalue weighted by molar-refractivity contribution is 14.0. The standard InChI is InChI=1S/C19H35N5O2.HI/c1-4-20-19(21-12-10-17(25)23(2)3)22-16-11-13-24(14-16)18(26)15-8-6-5-7-9-15;/h15-16H,4-14H2,1-3H3,(H2,20,21,22);1H. The second-order valence-electron chi connectivity index (χ2n) is 7.55. The second-order valence-corrected chi connectivity index (χ2v) is 7.55. The smallest absolute Gasteiger partial charge is 0.225 e. The first kappa shape index (κ1) is 24.0. The van der Waals surface area contributed by atoms with Crippen molar-refractivity contribution < 1.29 is 9.59 Å². The molecule has 156 valence electrons. The van der Waals surface area contributed by atoms with Crippen LogP contribution >= 0.6 is 24.0 Å². The Hall–Kier alpha value is -1.06. The zero-order chi connectivity index (χ0) is 18.9. The molecule has 2 fully saturated rings. The minimum Gasteiger partial charge on any atom is -0.357 e. The number of hydrogen-bond acceptors (Lipinski definition) is 3. The summed E-state index contributed by atoms with van der Waals surface area (Å²) in [6.45, 7) is 4.83. The molecule has 1 aliphatic heterocycles. The summed E-state index contributed by atoms with van der Waals surface area (Å²) in [6.07, 6.45) is 7.10. The van der Waals surface area contributed by atoms with Gasteiger partial charge >= 0.3 is 0 Å². The summed E-state index contributed by atoms with van der Waals surface area (Å²) < 4.78 is 0. The lowest BCUT2D eigenvalue weighted by molar-refractivity contribution is -0.135. The van der Waals surface area contributed by atoms with Gasteiger partial charge in [-0.25, -0.2) is 0 Å². The molecule has 8 heteroatoms. The molecule has 27 heavy (non-hydrogen) atoms. The molecule has 1 saturated heterocycles. The summed E-state index contributed by atoms with van der Waals surface area (Å²) in [7, 11) is 3.51. The summed E-state index contributed by atoms with van der Waals surface area (Å²) in [5.41, 5.74) is 0. The van der Waals surface area contributed by atoms with Crippen LogP contribution in [0.1, 0.15) is 51.9 Å². The quantitative estimate of drug-likeness (QED) is 0.336. The van der Waals surface area contributed by atoms with Gasteiger partial charge in [0.15, 0.2) is 5.96 Å². The highest BCUT2D eigenvalue weighted by Crippen LogP contribution is 2.26. The van der Waals surface area contributed by atoms with Crippen LogP contribution in [-0.4, -0.2) is 73.9 Å². The first-order valence-corrected chi connectivity index (χ1v) is 10.0. The van der Waals surface area contributed by atoms with Gasteiger partial charge < -0.3 is 20.4 Å². The predicted octanol–water partition coefficient (Wildman–Crippen LogP) is 1.82. The topological polar surface area (TPSA) is 77.0 Å². The molecular weight excluding hydrogens is 457 g/mol. The van der Waals surface area contributed by atoms with Crippen LogP contribution in [0.2, 0.25) is 0 Å². The fourth-order valence-electron chi connectivity index (χ4n) is 3.69. The Kier molecular flexibility index (Phi) is 11.0. The molecule has 0 spiro atoms. The number of nitrogens with one attached hydrogen (secondary N) is 2. The van der Waals surface area contributed by atoms with Gasteiger partial charge in [0.2, 0.25) is 11.8 Å². The van der Waals surface area contributed by atoms with Gasteiger partial charge in [-0.2, -0.15) is 0 Å². The molecule has 0 aromatic rings. The predicted molar refractivity (Wildman–Crippen MR) is 119 cm³/mol. The normalized spacial score (nSPS) is 20.8. The van der Waals surface area contributed by atoms with Crippen molar-refractivity contribution in [3.05, 3.63) is 0 Å². The number of halogens is 1. The minimum atomic E-state index is 0. The summed E-state index contributed by atoms with van der Waals surface area (Å²) in [4.78, 5) is 32.5. The monoisotopic (exact) mass is 493 g/mol. The molecule has 2 amide bonds. The number of likely N-dealkylation sites (tertiary alicyclic amines) is 1. The fourth-order valence-corrected chi connectivity index (χ4v) is 3.69. The molecule has 0 radical (unpaired) electrons. The van der Waals surface area contributed by atoms with Crippen LogP contribution in [0.4, 0.5) is 0 Å². The van der Waals surface area contributed by atoms with E-state index in [2.05, 4.69) is 15.6 Å². The number of nitrogens with zero attached hydrogens (tertiary/aromatic N) is 3. The van der Waals surface area contributed by atoms with Gasteiger partial charge in [-0.1, -0.05) is 19.3 Å². The molecular formula is C19H36IN5O2. The van der Waals surface area contributed by atoms with Crippen LogP contribution in [-0.2, 0) is 9.59 Å². The van der Waals surface area contributed by atoms with Crippen molar-refractivity contribution in [2.24, 2.45) is 10.9 Å².